The van der Waals surface area contributed by atoms with E-state index >= 15 is 0 Å². The Balaban J connectivity index is 1.58. The van der Waals surface area contributed by atoms with Gasteiger partial charge in [-0.3, -0.25) is 0 Å². The van der Waals surface area contributed by atoms with Crippen molar-refractivity contribution in [2.75, 3.05) is 0 Å². The molecule has 3 aromatic rings. The summed E-state index contributed by atoms with van der Waals surface area (Å²) in [6.45, 7) is 1.68. The number of esters is 1. The Kier molecular flexibility index (Phi) is 5.58. The molecule has 5 nitrogen and oxygen atoms in total. The Hall–Kier alpha value is -3.42. The first-order chi connectivity index (χ1) is 13.3. The Morgan fingerprint density at radius 3 is 2.68 bits per heavy atom. The zero-order chi connectivity index (χ0) is 20.1. The number of halogens is 3. The Morgan fingerprint density at radius 1 is 1.14 bits per heavy atom. The Labute approximate surface area is 158 Å². The van der Waals surface area contributed by atoms with Crippen molar-refractivity contribution >= 4 is 12.0 Å². The highest BCUT2D eigenvalue weighted by molar-refractivity contribution is 5.87. The largest absolute Gasteiger partial charge is 0.452 e. The van der Waals surface area contributed by atoms with E-state index in [2.05, 4.69) is 10.2 Å². The third kappa shape index (κ3) is 5.06. The van der Waals surface area contributed by atoms with Gasteiger partial charge in [-0.2, -0.15) is 13.2 Å². The normalized spacial score (nSPS) is 11.7. The highest BCUT2D eigenvalue weighted by Gasteiger charge is 2.30. The molecule has 144 valence electrons. The lowest BCUT2D eigenvalue weighted by molar-refractivity contribution is -0.139. The quantitative estimate of drug-likeness (QED) is 0.463. The first-order valence-electron chi connectivity index (χ1n) is 8.23. The van der Waals surface area contributed by atoms with Gasteiger partial charge in [-0.15, -0.1) is 10.2 Å². The average molecular weight is 388 g/mol. The molecule has 0 saturated carbocycles. The molecule has 0 aliphatic heterocycles. The van der Waals surface area contributed by atoms with Gasteiger partial charge in [0.15, 0.2) is 6.61 Å². The van der Waals surface area contributed by atoms with Crippen LogP contribution in [-0.2, 0) is 22.3 Å². The van der Waals surface area contributed by atoms with Crippen LogP contribution in [0.5, 0.6) is 0 Å². The maximum Gasteiger partial charge on any atom is 0.416 e. The maximum atomic E-state index is 12.7. The molecule has 8 heteroatoms. The molecular weight excluding hydrogens is 373 g/mol. The molecule has 28 heavy (non-hydrogen) atoms. The number of aryl methyl sites for hydroxylation is 1. The summed E-state index contributed by atoms with van der Waals surface area (Å²) in [6.07, 6.45) is -2.17. The summed E-state index contributed by atoms with van der Waals surface area (Å²) >= 11 is 0. The molecular formula is C20H15F3N2O3. The van der Waals surface area contributed by atoms with Crippen molar-refractivity contribution in [3.63, 3.8) is 0 Å². The van der Waals surface area contributed by atoms with E-state index in [-0.39, 0.29) is 18.1 Å². The lowest BCUT2D eigenvalue weighted by Gasteiger charge is -2.06. The van der Waals surface area contributed by atoms with E-state index < -0.39 is 17.7 Å². The van der Waals surface area contributed by atoms with Gasteiger partial charge < -0.3 is 9.15 Å². The van der Waals surface area contributed by atoms with Crippen LogP contribution >= 0.6 is 0 Å². The van der Waals surface area contributed by atoms with E-state index in [4.69, 9.17) is 9.15 Å². The van der Waals surface area contributed by atoms with Gasteiger partial charge in [0.2, 0.25) is 5.89 Å². The molecule has 0 N–H and O–H groups in total. The topological polar surface area (TPSA) is 65.2 Å². The Morgan fingerprint density at radius 2 is 1.93 bits per heavy atom. The first-order valence-corrected chi connectivity index (χ1v) is 8.23. The molecule has 0 bridgehead atoms. The molecule has 0 atom stereocenters. The monoisotopic (exact) mass is 388 g/mol. The van der Waals surface area contributed by atoms with E-state index in [1.807, 2.05) is 31.2 Å². The van der Waals surface area contributed by atoms with Gasteiger partial charge in [-0.1, -0.05) is 29.8 Å². The lowest BCUT2D eigenvalue weighted by Crippen LogP contribution is -2.04. The minimum absolute atomic E-state index is 0.109. The summed E-state index contributed by atoms with van der Waals surface area (Å²) in [6, 6.07) is 12.1. The van der Waals surface area contributed by atoms with Crippen LogP contribution in [0.3, 0.4) is 0 Å². The second kappa shape index (κ2) is 8.08. The van der Waals surface area contributed by atoms with Gasteiger partial charge in [-0.25, -0.2) is 4.79 Å². The third-order valence-electron chi connectivity index (χ3n) is 3.70. The molecule has 0 unspecified atom stereocenters. The number of ether oxygens (including phenoxy) is 1. The highest BCUT2D eigenvalue weighted by atomic mass is 19.4. The van der Waals surface area contributed by atoms with Crippen LogP contribution in [0.15, 0.2) is 59.0 Å². The average Bonchev–Trinajstić information content (AvgIpc) is 3.13. The number of hydrogen-bond donors (Lipinski definition) is 0. The molecule has 0 amide bonds. The van der Waals surface area contributed by atoms with Gasteiger partial charge >= 0.3 is 12.1 Å². The summed E-state index contributed by atoms with van der Waals surface area (Å²) in [5.74, 6) is -0.334. The van der Waals surface area contributed by atoms with Gasteiger partial charge in [0, 0.05) is 11.6 Å². The fourth-order valence-corrected chi connectivity index (χ4v) is 2.37. The number of rotatable bonds is 5. The summed E-state index contributed by atoms with van der Waals surface area (Å²) in [5.41, 5.74) is 1.21. The molecule has 0 aliphatic rings. The van der Waals surface area contributed by atoms with Crippen LogP contribution in [0.25, 0.3) is 17.5 Å². The van der Waals surface area contributed by atoms with Crippen LogP contribution in [0, 0.1) is 6.92 Å². The van der Waals surface area contributed by atoms with Gasteiger partial charge in [0.1, 0.15) is 0 Å². The minimum Gasteiger partial charge on any atom is -0.452 e. The fraction of sp³-hybridized carbons (Fsp3) is 0.150. The second-order valence-corrected chi connectivity index (χ2v) is 5.93. The van der Waals surface area contributed by atoms with E-state index in [1.165, 1.54) is 18.2 Å². The van der Waals surface area contributed by atoms with Gasteiger partial charge in [0.25, 0.3) is 5.89 Å². The van der Waals surface area contributed by atoms with Gasteiger partial charge in [-0.05, 0) is 42.8 Å². The molecule has 1 aromatic heterocycles. The molecule has 2 aromatic carbocycles. The van der Waals surface area contributed by atoms with Crippen LogP contribution < -0.4 is 0 Å². The number of benzene rings is 2. The third-order valence-corrected chi connectivity index (χ3v) is 3.70. The fourth-order valence-electron chi connectivity index (χ4n) is 2.37. The first kappa shape index (κ1) is 19.3. The smallest absolute Gasteiger partial charge is 0.416 e. The van der Waals surface area contributed by atoms with Gasteiger partial charge in [0.05, 0.1) is 5.56 Å². The number of hydrogen-bond acceptors (Lipinski definition) is 5. The van der Waals surface area contributed by atoms with Crippen molar-refractivity contribution < 1.29 is 27.1 Å². The predicted molar refractivity (Wildman–Crippen MR) is 94.7 cm³/mol. The number of carbonyl (C=O) groups is 1. The minimum atomic E-state index is -4.45. The van der Waals surface area contributed by atoms with E-state index in [9.17, 15) is 18.0 Å². The number of nitrogens with zero attached hydrogens (tertiary/aromatic N) is 2. The van der Waals surface area contributed by atoms with Crippen molar-refractivity contribution in [3.05, 3.63) is 77.2 Å². The number of alkyl halides is 3. The molecule has 0 radical (unpaired) electrons. The SMILES string of the molecule is Cc1cccc(-c2nnc(COC(=O)/C=C/c3cccc(C(F)(F)F)c3)o2)c1. The standard InChI is InChI=1S/C20H15F3N2O3/c1-13-4-2-6-15(10-13)19-25-24-17(28-19)12-27-18(26)9-8-14-5-3-7-16(11-14)20(21,22)23/h2-11H,12H2,1H3/b9-8+. The van der Waals surface area contributed by atoms with E-state index in [1.54, 1.807) is 0 Å². The summed E-state index contributed by atoms with van der Waals surface area (Å²) < 4.78 is 48.5. The molecule has 1 heterocycles. The lowest BCUT2D eigenvalue weighted by atomic mass is 10.1. The maximum absolute atomic E-state index is 12.7. The van der Waals surface area contributed by atoms with Crippen molar-refractivity contribution in [2.45, 2.75) is 19.7 Å². The van der Waals surface area contributed by atoms with E-state index in [0.29, 0.717) is 5.89 Å². The van der Waals surface area contributed by atoms with Crippen molar-refractivity contribution in [3.8, 4) is 11.5 Å². The van der Waals surface area contributed by atoms with Crippen molar-refractivity contribution in [2.24, 2.45) is 0 Å². The number of aromatic nitrogens is 2. The summed E-state index contributed by atoms with van der Waals surface area (Å²) in [7, 11) is 0. The zero-order valence-corrected chi connectivity index (χ0v) is 14.7. The predicted octanol–water partition coefficient (Wildman–Crippen LogP) is 4.82. The van der Waals surface area contributed by atoms with Crippen LogP contribution in [0.1, 0.15) is 22.6 Å². The molecule has 3 rings (SSSR count). The summed E-state index contributed by atoms with van der Waals surface area (Å²) in [5, 5.41) is 7.71. The van der Waals surface area contributed by atoms with Crippen molar-refractivity contribution in [1.29, 1.82) is 0 Å². The Bertz CT molecular complexity index is 1010. The molecule has 0 spiro atoms. The highest BCUT2D eigenvalue weighted by Crippen LogP contribution is 2.29. The van der Waals surface area contributed by atoms with E-state index in [0.717, 1.165) is 29.3 Å². The second-order valence-electron chi connectivity index (χ2n) is 5.93. The van der Waals surface area contributed by atoms with Crippen LogP contribution in [0.4, 0.5) is 13.2 Å². The van der Waals surface area contributed by atoms with Crippen LogP contribution in [-0.4, -0.2) is 16.2 Å². The molecule has 0 aliphatic carbocycles. The molecule has 0 fully saturated rings. The zero-order valence-electron chi connectivity index (χ0n) is 14.7. The van der Waals surface area contributed by atoms with Crippen LogP contribution in [0.2, 0.25) is 0 Å². The van der Waals surface area contributed by atoms with Crippen molar-refractivity contribution in [1.82, 2.24) is 10.2 Å². The number of carbonyl (C=O) groups excluding carboxylic acids is 1. The summed E-state index contributed by atoms with van der Waals surface area (Å²) in [4.78, 5) is 11.8. The molecule has 0 saturated heterocycles.